The van der Waals surface area contributed by atoms with Crippen molar-refractivity contribution >= 4 is 15.9 Å². The van der Waals surface area contributed by atoms with E-state index in [1.165, 1.54) is 12.1 Å². The van der Waals surface area contributed by atoms with Crippen LogP contribution in [-0.4, -0.2) is 18.8 Å². The van der Waals surface area contributed by atoms with E-state index in [9.17, 15) is 8.78 Å². The average Bonchev–Trinajstić information content (AvgIpc) is 2.82. The lowest BCUT2D eigenvalue weighted by molar-refractivity contribution is 0.0982. The van der Waals surface area contributed by atoms with Crippen LogP contribution in [0.15, 0.2) is 16.6 Å². The lowest BCUT2D eigenvalue weighted by Crippen LogP contribution is -2.29. The van der Waals surface area contributed by atoms with Gasteiger partial charge in [-0.1, -0.05) is 0 Å². The van der Waals surface area contributed by atoms with Crippen LogP contribution in [0.3, 0.4) is 0 Å². The van der Waals surface area contributed by atoms with Crippen molar-refractivity contribution in [3.8, 4) is 0 Å². The minimum absolute atomic E-state index is 0.0508. The second kappa shape index (κ2) is 6.08. The molecule has 2 nitrogen and oxygen atoms in total. The van der Waals surface area contributed by atoms with Gasteiger partial charge in [0.1, 0.15) is 11.6 Å². The van der Waals surface area contributed by atoms with Crippen molar-refractivity contribution in [2.75, 3.05) is 6.61 Å². The van der Waals surface area contributed by atoms with Gasteiger partial charge in [-0.25, -0.2) is 8.78 Å². The largest absolute Gasteiger partial charge is 0.378 e. The van der Waals surface area contributed by atoms with Crippen molar-refractivity contribution in [3.63, 3.8) is 0 Å². The van der Waals surface area contributed by atoms with Crippen molar-refractivity contribution in [2.45, 2.75) is 37.8 Å². The lowest BCUT2D eigenvalue weighted by atomic mass is 9.99. The maximum atomic E-state index is 13.8. The Balaban J connectivity index is 2.01. The first kappa shape index (κ1) is 13.9. The first-order chi connectivity index (χ1) is 8.58. The van der Waals surface area contributed by atoms with E-state index in [2.05, 4.69) is 15.9 Å². The van der Waals surface area contributed by atoms with Gasteiger partial charge in [0.05, 0.1) is 10.6 Å². The van der Waals surface area contributed by atoms with Crippen molar-refractivity contribution in [1.82, 2.24) is 0 Å². The van der Waals surface area contributed by atoms with Crippen LogP contribution in [-0.2, 0) is 11.2 Å². The van der Waals surface area contributed by atoms with E-state index in [0.717, 1.165) is 19.4 Å². The molecule has 2 unspecified atom stereocenters. The summed E-state index contributed by atoms with van der Waals surface area (Å²) < 4.78 is 33.1. The summed E-state index contributed by atoms with van der Waals surface area (Å²) in [5.74, 6) is -1.10. The molecule has 1 aliphatic heterocycles. The Labute approximate surface area is 114 Å². The zero-order valence-electron chi connectivity index (χ0n) is 9.96. The summed E-state index contributed by atoms with van der Waals surface area (Å²) in [6.07, 6.45) is 2.99. The minimum Gasteiger partial charge on any atom is -0.378 e. The molecular weight excluding hydrogens is 304 g/mol. The third-order valence-electron chi connectivity index (χ3n) is 3.19. The van der Waals surface area contributed by atoms with Gasteiger partial charge in [0.2, 0.25) is 0 Å². The molecule has 1 aromatic rings. The van der Waals surface area contributed by atoms with Gasteiger partial charge in [-0.15, -0.1) is 0 Å². The van der Waals surface area contributed by atoms with Crippen LogP contribution < -0.4 is 5.73 Å². The minimum atomic E-state index is -0.558. The monoisotopic (exact) mass is 319 g/mol. The summed E-state index contributed by atoms with van der Waals surface area (Å²) in [6.45, 7) is 0.761. The molecular formula is C13H16BrF2NO. The highest BCUT2D eigenvalue weighted by Gasteiger charge is 2.21. The first-order valence-corrected chi connectivity index (χ1v) is 6.86. The van der Waals surface area contributed by atoms with Crippen LogP contribution in [0.4, 0.5) is 8.78 Å². The number of rotatable bonds is 4. The summed E-state index contributed by atoms with van der Waals surface area (Å²) in [5, 5.41) is 0. The Kier molecular flexibility index (Phi) is 4.70. The van der Waals surface area contributed by atoms with E-state index in [1.807, 2.05) is 0 Å². The standard InChI is InChI=1S/C13H16BrF2NO/c14-11-3-4-12(15)10(13(11)16)7-8(17)6-9-2-1-5-18-9/h3-4,8-9H,1-2,5-7,17H2. The van der Waals surface area contributed by atoms with Crippen molar-refractivity contribution in [2.24, 2.45) is 5.73 Å². The fourth-order valence-electron chi connectivity index (χ4n) is 2.27. The fraction of sp³-hybridized carbons (Fsp3) is 0.538. The Bertz CT molecular complexity index is 422. The molecule has 1 fully saturated rings. The van der Waals surface area contributed by atoms with Gasteiger partial charge in [0.25, 0.3) is 0 Å². The highest BCUT2D eigenvalue weighted by atomic mass is 79.9. The van der Waals surface area contributed by atoms with Gasteiger partial charge >= 0.3 is 0 Å². The molecule has 100 valence electrons. The molecule has 0 aliphatic carbocycles. The van der Waals surface area contributed by atoms with Gasteiger partial charge in [0, 0.05) is 18.2 Å². The van der Waals surface area contributed by atoms with Gasteiger partial charge in [-0.05, 0) is 53.7 Å². The second-order valence-corrected chi connectivity index (χ2v) is 5.51. The van der Waals surface area contributed by atoms with Crippen molar-refractivity contribution in [1.29, 1.82) is 0 Å². The maximum absolute atomic E-state index is 13.8. The van der Waals surface area contributed by atoms with E-state index in [-0.39, 0.29) is 28.6 Å². The molecule has 0 amide bonds. The molecule has 0 radical (unpaired) electrons. The Morgan fingerprint density at radius 1 is 1.44 bits per heavy atom. The Morgan fingerprint density at radius 3 is 2.89 bits per heavy atom. The SMILES string of the molecule is NC(Cc1c(F)ccc(Br)c1F)CC1CCCO1. The van der Waals surface area contributed by atoms with Crippen LogP contribution in [0, 0.1) is 11.6 Å². The predicted octanol–water partition coefficient (Wildman–Crippen LogP) is 3.17. The normalized spacial score (nSPS) is 21.2. The summed E-state index contributed by atoms with van der Waals surface area (Å²) in [6, 6.07) is 2.33. The molecule has 0 aromatic heterocycles. The van der Waals surface area contributed by atoms with E-state index >= 15 is 0 Å². The second-order valence-electron chi connectivity index (χ2n) is 4.66. The lowest BCUT2D eigenvalue weighted by Gasteiger charge is -2.17. The smallest absolute Gasteiger partial charge is 0.143 e. The van der Waals surface area contributed by atoms with E-state index < -0.39 is 11.6 Å². The number of hydrogen-bond donors (Lipinski definition) is 1. The third kappa shape index (κ3) is 3.28. The predicted molar refractivity (Wildman–Crippen MR) is 69.3 cm³/mol. The molecule has 0 spiro atoms. The molecule has 0 bridgehead atoms. The van der Waals surface area contributed by atoms with Crippen LogP contribution in [0.1, 0.15) is 24.8 Å². The van der Waals surface area contributed by atoms with E-state index in [4.69, 9.17) is 10.5 Å². The number of nitrogens with two attached hydrogens (primary N) is 1. The molecule has 2 rings (SSSR count). The van der Waals surface area contributed by atoms with Gasteiger partial charge < -0.3 is 10.5 Å². The third-order valence-corrected chi connectivity index (χ3v) is 3.81. The van der Waals surface area contributed by atoms with Gasteiger partial charge in [-0.2, -0.15) is 0 Å². The highest BCUT2D eigenvalue weighted by molar-refractivity contribution is 9.10. The zero-order valence-corrected chi connectivity index (χ0v) is 11.6. The maximum Gasteiger partial charge on any atom is 0.143 e. The van der Waals surface area contributed by atoms with Gasteiger partial charge in [0.15, 0.2) is 0 Å². The molecule has 1 aromatic carbocycles. The van der Waals surface area contributed by atoms with Crippen LogP contribution in [0.25, 0.3) is 0 Å². The van der Waals surface area contributed by atoms with Crippen LogP contribution >= 0.6 is 15.9 Å². The molecule has 5 heteroatoms. The van der Waals surface area contributed by atoms with Crippen LogP contribution in [0.2, 0.25) is 0 Å². The number of benzene rings is 1. The summed E-state index contributed by atoms with van der Waals surface area (Å²) in [5.41, 5.74) is 6.00. The molecule has 1 heterocycles. The van der Waals surface area contributed by atoms with Crippen molar-refractivity contribution in [3.05, 3.63) is 33.8 Å². The number of hydrogen-bond acceptors (Lipinski definition) is 2. The summed E-state index contributed by atoms with van der Waals surface area (Å²) in [4.78, 5) is 0. The highest BCUT2D eigenvalue weighted by Crippen LogP contribution is 2.24. The fourth-order valence-corrected chi connectivity index (χ4v) is 2.64. The molecule has 2 N–H and O–H groups in total. The molecule has 1 saturated heterocycles. The Hall–Kier alpha value is -0.520. The first-order valence-electron chi connectivity index (χ1n) is 6.07. The molecule has 0 saturated carbocycles. The summed E-state index contributed by atoms with van der Waals surface area (Å²) in [7, 11) is 0. The quantitative estimate of drug-likeness (QED) is 0.865. The van der Waals surface area contributed by atoms with E-state index in [0.29, 0.717) is 6.42 Å². The van der Waals surface area contributed by atoms with Crippen LogP contribution in [0.5, 0.6) is 0 Å². The van der Waals surface area contributed by atoms with E-state index in [1.54, 1.807) is 0 Å². The number of halogens is 3. The van der Waals surface area contributed by atoms with Crippen molar-refractivity contribution < 1.29 is 13.5 Å². The topological polar surface area (TPSA) is 35.2 Å². The molecule has 1 aliphatic rings. The Morgan fingerprint density at radius 2 is 2.22 bits per heavy atom. The average molecular weight is 320 g/mol. The molecule has 2 atom stereocenters. The van der Waals surface area contributed by atoms with Gasteiger partial charge in [-0.3, -0.25) is 0 Å². The number of ether oxygens (including phenoxy) is 1. The zero-order chi connectivity index (χ0) is 13.1. The molecule has 18 heavy (non-hydrogen) atoms. The summed E-state index contributed by atoms with van der Waals surface area (Å²) >= 11 is 3.05.